The fraction of sp³-hybridized carbons (Fsp3) is 0.891. The van der Waals surface area contributed by atoms with Crippen LogP contribution in [0.25, 0.3) is 0 Å². The Morgan fingerprint density at radius 2 is 0.962 bits per heavy atom. The maximum absolute atomic E-state index is 12.7. The van der Waals surface area contributed by atoms with Crippen molar-refractivity contribution < 1.29 is 24.2 Å². The molecule has 312 valence electrons. The second-order valence-corrected chi connectivity index (χ2v) is 15.8. The van der Waals surface area contributed by atoms with E-state index < -0.39 is 12.0 Å². The molecule has 1 amide bonds. The van der Waals surface area contributed by atoms with E-state index in [1.54, 1.807) is 0 Å². The number of hydrogen-bond donors (Lipinski definition) is 3. The Hall–Kier alpha value is -1.89. The molecule has 0 rings (SSSR count). The second kappa shape index (κ2) is 41.3. The van der Waals surface area contributed by atoms with Crippen molar-refractivity contribution in [2.24, 2.45) is 5.73 Å². The first-order valence-corrected chi connectivity index (χ1v) is 23.0. The summed E-state index contributed by atoms with van der Waals surface area (Å²) in [4.78, 5) is 36.3. The maximum atomic E-state index is 12.7. The van der Waals surface area contributed by atoms with Crippen LogP contribution in [0, 0.1) is 0 Å². The van der Waals surface area contributed by atoms with Crippen LogP contribution in [0.1, 0.15) is 245 Å². The fourth-order valence-corrected chi connectivity index (χ4v) is 7.07. The van der Waals surface area contributed by atoms with Crippen LogP contribution >= 0.6 is 0 Å². The number of amides is 1. The Labute approximate surface area is 328 Å². The first kappa shape index (κ1) is 51.1. The molecule has 7 nitrogen and oxygen atoms in total. The zero-order valence-corrected chi connectivity index (χ0v) is 35.1. The lowest BCUT2D eigenvalue weighted by Crippen LogP contribution is -2.40. The summed E-state index contributed by atoms with van der Waals surface area (Å²) in [5.41, 5.74) is 5.48. The Bertz CT molecular complexity index is 848. The van der Waals surface area contributed by atoms with Gasteiger partial charge in [0.2, 0.25) is 5.91 Å². The molecule has 0 aromatic heterocycles. The minimum Gasteiger partial charge on any atom is -0.480 e. The highest BCUT2D eigenvalue weighted by molar-refractivity contribution is 5.83. The molecule has 2 atom stereocenters. The first-order chi connectivity index (χ1) is 25.9. The summed E-state index contributed by atoms with van der Waals surface area (Å²) in [6, 6.07) is -0.867. The lowest BCUT2D eigenvalue weighted by atomic mass is 10.0. The van der Waals surface area contributed by atoms with E-state index in [4.69, 9.17) is 10.5 Å². The van der Waals surface area contributed by atoms with Gasteiger partial charge >= 0.3 is 11.9 Å². The molecule has 0 aliphatic heterocycles. The summed E-state index contributed by atoms with van der Waals surface area (Å²) in [5.74, 6) is -1.31. The van der Waals surface area contributed by atoms with Gasteiger partial charge in [-0.2, -0.15) is 0 Å². The molecule has 0 saturated heterocycles. The number of allylic oxidation sites excluding steroid dienone is 1. The van der Waals surface area contributed by atoms with Gasteiger partial charge < -0.3 is 20.9 Å². The molecule has 0 aliphatic rings. The van der Waals surface area contributed by atoms with Crippen LogP contribution in [0.2, 0.25) is 0 Å². The molecule has 0 aromatic carbocycles. The van der Waals surface area contributed by atoms with Crippen LogP contribution in [0.4, 0.5) is 0 Å². The van der Waals surface area contributed by atoms with Crippen LogP contribution in [-0.4, -0.2) is 41.6 Å². The normalized spacial score (nSPS) is 12.7. The van der Waals surface area contributed by atoms with Crippen molar-refractivity contribution in [3.63, 3.8) is 0 Å². The molecule has 0 radical (unpaired) electrons. The summed E-state index contributed by atoms with van der Waals surface area (Å²) in [5, 5.41) is 11.9. The number of carboxylic acid groups (broad SMARTS) is 1. The summed E-state index contributed by atoms with van der Waals surface area (Å²) in [7, 11) is 0. The van der Waals surface area contributed by atoms with Gasteiger partial charge in [0.25, 0.3) is 0 Å². The number of nitrogens with one attached hydrogen (secondary N) is 1. The van der Waals surface area contributed by atoms with Crippen LogP contribution in [0.5, 0.6) is 0 Å². The zero-order valence-electron chi connectivity index (χ0n) is 35.1. The number of unbranched alkanes of at least 4 members (excludes halogenated alkanes) is 28. The third-order valence-corrected chi connectivity index (χ3v) is 10.6. The predicted molar refractivity (Wildman–Crippen MR) is 225 cm³/mol. The fourth-order valence-electron chi connectivity index (χ4n) is 7.07. The van der Waals surface area contributed by atoms with Gasteiger partial charge in [0.05, 0.1) is 0 Å². The summed E-state index contributed by atoms with van der Waals surface area (Å²) in [6.07, 6.45) is 45.7. The predicted octanol–water partition coefficient (Wildman–Crippen LogP) is 13.1. The zero-order chi connectivity index (χ0) is 38.9. The smallest absolute Gasteiger partial charge is 0.326 e. The van der Waals surface area contributed by atoms with Gasteiger partial charge in [-0.1, -0.05) is 187 Å². The van der Waals surface area contributed by atoms with Crippen molar-refractivity contribution in [2.75, 3.05) is 6.54 Å². The number of esters is 1. The van der Waals surface area contributed by atoms with Gasteiger partial charge in [0.1, 0.15) is 12.1 Å². The van der Waals surface area contributed by atoms with E-state index in [9.17, 15) is 19.5 Å². The van der Waals surface area contributed by atoms with Gasteiger partial charge in [-0.3, -0.25) is 9.59 Å². The number of carboxylic acids is 1. The lowest BCUT2D eigenvalue weighted by Gasteiger charge is -2.15. The molecule has 0 fully saturated rings. The topological polar surface area (TPSA) is 119 Å². The van der Waals surface area contributed by atoms with Crippen LogP contribution < -0.4 is 11.1 Å². The molecular weight excluding hydrogens is 661 g/mol. The molecule has 7 heteroatoms. The number of carbonyl (C=O) groups is 3. The molecule has 0 spiro atoms. The largest absolute Gasteiger partial charge is 0.480 e. The molecule has 0 saturated carbocycles. The van der Waals surface area contributed by atoms with Gasteiger partial charge in [-0.25, -0.2) is 4.79 Å². The Balaban J connectivity index is 4.11. The van der Waals surface area contributed by atoms with E-state index in [-0.39, 0.29) is 18.0 Å². The second-order valence-electron chi connectivity index (χ2n) is 15.8. The Morgan fingerprint density at radius 1 is 0.547 bits per heavy atom. The molecule has 53 heavy (non-hydrogen) atoms. The number of rotatable bonds is 42. The third kappa shape index (κ3) is 38.2. The number of aliphatic carboxylic acids is 1. The molecule has 0 aromatic rings. The van der Waals surface area contributed by atoms with Crippen molar-refractivity contribution in [3.05, 3.63) is 12.2 Å². The first-order valence-electron chi connectivity index (χ1n) is 23.0. The van der Waals surface area contributed by atoms with Crippen LogP contribution in [0.3, 0.4) is 0 Å². The number of ether oxygens (including phenoxy) is 1. The summed E-state index contributed by atoms with van der Waals surface area (Å²) >= 11 is 0. The van der Waals surface area contributed by atoms with E-state index in [0.29, 0.717) is 38.6 Å². The van der Waals surface area contributed by atoms with E-state index in [1.165, 1.54) is 154 Å². The SMILES string of the molecule is CCCCCCCC/C=C\C(CCCCCCC(=O)NC(CCCN)C(=O)O)OC(=O)CCCCCCCCCCCCCCCCCCCCCC. The Morgan fingerprint density at radius 3 is 1.42 bits per heavy atom. The van der Waals surface area contributed by atoms with E-state index in [0.717, 1.165) is 44.9 Å². The van der Waals surface area contributed by atoms with Crippen molar-refractivity contribution in [1.29, 1.82) is 0 Å². The minimum atomic E-state index is -1.01. The highest BCUT2D eigenvalue weighted by Crippen LogP contribution is 2.17. The summed E-state index contributed by atoms with van der Waals surface area (Å²) in [6.45, 7) is 4.94. The van der Waals surface area contributed by atoms with Gasteiger partial charge in [-0.05, 0) is 64.0 Å². The van der Waals surface area contributed by atoms with E-state index in [2.05, 4.69) is 31.3 Å². The van der Waals surface area contributed by atoms with E-state index >= 15 is 0 Å². The standard InChI is InChI=1S/C46H88N2O5/c1-3-5-7-9-11-13-14-15-16-17-18-19-20-21-22-23-24-26-28-34-40-45(50)53-42(36-31-27-25-12-10-8-6-4-2)37-32-29-30-33-39-44(49)48-43(46(51)52)38-35-41-47/h31,36,42-43H,3-30,32-35,37-41,47H2,1-2H3,(H,48,49)(H,51,52)/b36-31-. The number of hydrogen-bond acceptors (Lipinski definition) is 5. The monoisotopic (exact) mass is 749 g/mol. The lowest BCUT2D eigenvalue weighted by molar-refractivity contribution is -0.147. The highest BCUT2D eigenvalue weighted by atomic mass is 16.5. The molecule has 0 aliphatic carbocycles. The van der Waals surface area contributed by atoms with Crippen molar-refractivity contribution in [3.8, 4) is 0 Å². The molecule has 4 N–H and O–H groups in total. The third-order valence-electron chi connectivity index (χ3n) is 10.6. The average molecular weight is 749 g/mol. The summed E-state index contributed by atoms with van der Waals surface area (Å²) < 4.78 is 5.94. The quantitative estimate of drug-likeness (QED) is 0.0325. The van der Waals surface area contributed by atoms with Crippen molar-refractivity contribution in [2.45, 2.75) is 257 Å². The average Bonchev–Trinajstić information content (AvgIpc) is 3.14. The highest BCUT2D eigenvalue weighted by Gasteiger charge is 2.19. The molecule has 2 unspecified atom stereocenters. The van der Waals surface area contributed by atoms with Crippen molar-refractivity contribution >= 4 is 17.8 Å². The Kier molecular flexibility index (Phi) is 39.8. The molecule has 0 heterocycles. The van der Waals surface area contributed by atoms with Gasteiger partial charge in [0, 0.05) is 12.8 Å². The number of carbonyl (C=O) groups excluding carboxylic acids is 2. The van der Waals surface area contributed by atoms with Gasteiger partial charge in [-0.15, -0.1) is 0 Å². The minimum absolute atomic E-state index is 0.0825. The van der Waals surface area contributed by atoms with Crippen LogP contribution in [-0.2, 0) is 19.1 Å². The number of nitrogens with two attached hydrogens (primary N) is 1. The van der Waals surface area contributed by atoms with E-state index in [1.807, 2.05) is 0 Å². The molecule has 0 bridgehead atoms. The van der Waals surface area contributed by atoms with Crippen molar-refractivity contribution in [1.82, 2.24) is 5.32 Å². The van der Waals surface area contributed by atoms with Crippen LogP contribution in [0.15, 0.2) is 12.2 Å². The van der Waals surface area contributed by atoms with Gasteiger partial charge in [0.15, 0.2) is 0 Å². The molecular formula is C46H88N2O5. The maximum Gasteiger partial charge on any atom is 0.326 e.